The summed E-state index contributed by atoms with van der Waals surface area (Å²) in [5.74, 6) is -0.323. The van der Waals surface area contributed by atoms with Crippen LogP contribution < -0.4 is 5.32 Å². The molecule has 0 aromatic carbocycles. The molecule has 0 aromatic rings. The molecule has 29 heavy (non-hydrogen) atoms. The number of ether oxygens (including phenoxy) is 2. The number of nitrogens with one attached hydrogen (secondary N) is 1. The van der Waals surface area contributed by atoms with Crippen LogP contribution >= 0.6 is 12.4 Å². The molecule has 0 amide bonds. The third-order valence-electron chi connectivity index (χ3n) is 5.22. The predicted molar refractivity (Wildman–Crippen MR) is 119 cm³/mol. The molecule has 0 unspecified atom stereocenters. The average molecular weight is 457 g/mol. The van der Waals surface area contributed by atoms with E-state index in [4.69, 9.17) is 9.47 Å². The van der Waals surface area contributed by atoms with Crippen LogP contribution in [-0.4, -0.2) is 68.9 Å². The Labute approximate surface area is 183 Å². The van der Waals surface area contributed by atoms with Crippen molar-refractivity contribution in [2.45, 2.75) is 79.1 Å². The molecule has 0 aliphatic carbocycles. The van der Waals surface area contributed by atoms with Crippen LogP contribution in [0.1, 0.15) is 61.3 Å². The summed E-state index contributed by atoms with van der Waals surface area (Å²) in [5.41, 5.74) is -0.714. The lowest BCUT2D eigenvalue weighted by Gasteiger charge is -2.38. The summed E-state index contributed by atoms with van der Waals surface area (Å²) < 4.78 is 37.8. The first kappa shape index (κ1) is 28.6. The highest BCUT2D eigenvalue weighted by Gasteiger charge is 2.35. The van der Waals surface area contributed by atoms with Gasteiger partial charge in [-0.1, -0.05) is 20.8 Å². The van der Waals surface area contributed by atoms with Gasteiger partial charge in [0.1, 0.15) is 12.7 Å². The first-order chi connectivity index (χ1) is 12.6. The summed E-state index contributed by atoms with van der Waals surface area (Å²) in [6, 6.07) is 0. The van der Waals surface area contributed by atoms with E-state index in [1.165, 1.54) is 10.6 Å². The molecule has 2 atom stereocenters. The lowest BCUT2D eigenvalue weighted by atomic mass is 9.90. The fourth-order valence-corrected chi connectivity index (χ4v) is 4.50. The fraction of sp³-hybridized carbons (Fsp3) is 0.950. The number of piperidine rings is 1. The van der Waals surface area contributed by atoms with E-state index in [1.54, 1.807) is 0 Å². The van der Waals surface area contributed by atoms with Gasteiger partial charge in [0.05, 0.1) is 18.3 Å². The maximum absolute atomic E-state index is 12.4. The van der Waals surface area contributed by atoms with Crippen molar-refractivity contribution in [2.75, 3.05) is 32.5 Å². The number of sulfonamides is 1. The molecule has 0 radical (unpaired) electrons. The van der Waals surface area contributed by atoms with Crippen LogP contribution in [-0.2, 0) is 24.3 Å². The lowest BCUT2D eigenvalue weighted by molar-refractivity contribution is -0.157. The molecule has 1 aliphatic heterocycles. The second-order valence-corrected chi connectivity index (χ2v) is 11.8. The molecule has 0 bridgehead atoms. The highest BCUT2D eigenvalue weighted by molar-refractivity contribution is 7.88. The molecule has 0 aromatic heterocycles. The normalized spacial score (nSPS) is 18.8. The Morgan fingerprint density at radius 1 is 1.14 bits per heavy atom. The quantitative estimate of drug-likeness (QED) is 0.565. The summed E-state index contributed by atoms with van der Waals surface area (Å²) in [6.07, 6.45) is 2.06. The van der Waals surface area contributed by atoms with Gasteiger partial charge in [0.25, 0.3) is 0 Å². The van der Waals surface area contributed by atoms with Crippen LogP contribution in [0.3, 0.4) is 0 Å². The number of halogens is 1. The Morgan fingerprint density at radius 2 is 1.66 bits per heavy atom. The van der Waals surface area contributed by atoms with Crippen molar-refractivity contribution in [3.8, 4) is 0 Å². The maximum atomic E-state index is 12.4. The largest absolute Gasteiger partial charge is 0.463 e. The van der Waals surface area contributed by atoms with Crippen LogP contribution in [0.25, 0.3) is 0 Å². The van der Waals surface area contributed by atoms with Crippen molar-refractivity contribution in [2.24, 2.45) is 11.3 Å². The summed E-state index contributed by atoms with van der Waals surface area (Å²) in [6.45, 7) is 15.5. The van der Waals surface area contributed by atoms with E-state index < -0.39 is 21.7 Å². The van der Waals surface area contributed by atoms with E-state index in [1.807, 2.05) is 27.7 Å². The minimum Gasteiger partial charge on any atom is -0.463 e. The number of carbonyl (C=O) groups is 1. The van der Waals surface area contributed by atoms with Crippen molar-refractivity contribution < 1.29 is 22.7 Å². The zero-order chi connectivity index (χ0) is 21.8. The smallest absolute Gasteiger partial charge is 0.309 e. The Morgan fingerprint density at radius 3 is 2.07 bits per heavy atom. The van der Waals surface area contributed by atoms with Gasteiger partial charge in [-0.15, -0.1) is 12.4 Å². The predicted octanol–water partition coefficient (Wildman–Crippen LogP) is 2.83. The summed E-state index contributed by atoms with van der Waals surface area (Å²) in [5, 5.41) is 3.23. The van der Waals surface area contributed by atoms with Crippen LogP contribution in [0.15, 0.2) is 0 Å². The number of esters is 1. The van der Waals surface area contributed by atoms with E-state index in [0.29, 0.717) is 0 Å². The average Bonchev–Trinajstić information content (AvgIpc) is 2.54. The minimum absolute atomic E-state index is 0. The highest BCUT2D eigenvalue weighted by Crippen LogP contribution is 2.25. The lowest BCUT2D eigenvalue weighted by Crippen LogP contribution is -2.51. The number of nitrogens with zero attached hydrogens (tertiary/aromatic N) is 1. The molecule has 1 N–H and O–H groups in total. The van der Waals surface area contributed by atoms with E-state index in [2.05, 4.69) is 26.1 Å². The topological polar surface area (TPSA) is 84.9 Å². The second kappa shape index (κ2) is 11.3. The van der Waals surface area contributed by atoms with Crippen molar-refractivity contribution in [3.63, 3.8) is 0 Å². The van der Waals surface area contributed by atoms with Crippen molar-refractivity contribution >= 4 is 28.4 Å². The minimum atomic E-state index is -3.44. The summed E-state index contributed by atoms with van der Waals surface area (Å²) >= 11 is 0. The molecule has 1 rings (SSSR count). The third-order valence-corrected chi connectivity index (χ3v) is 6.72. The zero-order valence-corrected chi connectivity index (χ0v) is 20.9. The van der Waals surface area contributed by atoms with Crippen LogP contribution in [0.2, 0.25) is 0 Å². The van der Waals surface area contributed by atoms with Gasteiger partial charge in [0, 0.05) is 12.1 Å². The number of hydrogen-bond donors (Lipinski definition) is 1. The summed E-state index contributed by atoms with van der Waals surface area (Å²) in [4.78, 5) is 12.4. The third kappa shape index (κ3) is 9.96. The molecule has 1 aliphatic rings. The van der Waals surface area contributed by atoms with Crippen molar-refractivity contribution in [1.29, 1.82) is 0 Å². The van der Waals surface area contributed by atoms with E-state index in [9.17, 15) is 13.2 Å². The molecule has 1 fully saturated rings. The zero-order valence-electron chi connectivity index (χ0n) is 19.3. The van der Waals surface area contributed by atoms with E-state index in [-0.39, 0.29) is 49.0 Å². The molecule has 1 saturated heterocycles. The molecule has 0 spiro atoms. The molecular formula is C20H41ClN2O5S. The van der Waals surface area contributed by atoms with Crippen LogP contribution in [0.4, 0.5) is 0 Å². The van der Waals surface area contributed by atoms with Gasteiger partial charge in [-0.3, -0.25) is 4.79 Å². The van der Waals surface area contributed by atoms with Gasteiger partial charge < -0.3 is 14.8 Å². The molecule has 9 heteroatoms. The maximum Gasteiger partial charge on any atom is 0.309 e. The Balaban J connectivity index is 0.00000784. The van der Waals surface area contributed by atoms with E-state index in [0.717, 1.165) is 25.9 Å². The molecule has 1 heterocycles. The molecule has 0 saturated carbocycles. The second-order valence-electron chi connectivity index (χ2n) is 9.89. The monoisotopic (exact) mass is 456 g/mol. The van der Waals surface area contributed by atoms with Gasteiger partial charge >= 0.3 is 5.97 Å². The van der Waals surface area contributed by atoms with Gasteiger partial charge in [-0.05, 0) is 59.0 Å². The molecular weight excluding hydrogens is 416 g/mol. The standard InChI is InChI=1S/C20H40N2O5S.ClH/c1-15(19(2,3)4)27-17(13-22(20(5,6)7)28(8,24)25)14-26-18(23)16-9-11-21-12-10-16;/h15-17,21H,9-14H2,1-8H3;1H/t15-,17-;/m0./s1. The summed E-state index contributed by atoms with van der Waals surface area (Å²) in [7, 11) is -3.44. The van der Waals surface area contributed by atoms with Crippen molar-refractivity contribution in [3.05, 3.63) is 0 Å². The van der Waals surface area contributed by atoms with Crippen molar-refractivity contribution in [1.82, 2.24) is 9.62 Å². The Hall–Kier alpha value is -0.410. The van der Waals surface area contributed by atoms with Gasteiger partial charge in [0.2, 0.25) is 10.0 Å². The number of carbonyl (C=O) groups excluding carboxylic acids is 1. The number of hydrogen-bond acceptors (Lipinski definition) is 6. The fourth-order valence-electron chi connectivity index (χ4n) is 3.07. The number of rotatable bonds is 8. The molecule has 7 nitrogen and oxygen atoms in total. The van der Waals surface area contributed by atoms with Gasteiger partial charge in [-0.2, -0.15) is 4.31 Å². The Bertz CT molecular complexity index is 607. The first-order valence-electron chi connectivity index (χ1n) is 10.1. The SMILES string of the molecule is C[C@H](O[C@H](COC(=O)C1CCNCC1)CN(C(C)(C)C)S(C)(=O)=O)C(C)(C)C.Cl. The van der Waals surface area contributed by atoms with Gasteiger partial charge in [0.15, 0.2) is 0 Å². The van der Waals surface area contributed by atoms with E-state index >= 15 is 0 Å². The highest BCUT2D eigenvalue weighted by atomic mass is 35.5. The van der Waals surface area contributed by atoms with Gasteiger partial charge in [-0.25, -0.2) is 8.42 Å². The molecule has 174 valence electrons. The first-order valence-corrected chi connectivity index (χ1v) is 12.0. The van der Waals surface area contributed by atoms with Crippen LogP contribution in [0.5, 0.6) is 0 Å². The van der Waals surface area contributed by atoms with Crippen LogP contribution in [0, 0.1) is 11.3 Å². The Kier molecular flexibility index (Phi) is 11.1.